The van der Waals surface area contributed by atoms with Crippen LogP contribution in [0.2, 0.25) is 0 Å². The molecule has 0 spiro atoms. The van der Waals surface area contributed by atoms with Crippen LogP contribution in [0, 0.1) is 5.92 Å². The predicted octanol–water partition coefficient (Wildman–Crippen LogP) is 3.43. The standard InChI is InChI=1S/C16H26N2O2/c1-2-5-14-6-3-11-18(12-9-14)16(19)17-10-8-15-7-4-13-20-15/h4,7,13-14H,2-3,5-6,8-12H2,1H3,(H,17,19)/t14-/m1/s1. The van der Waals surface area contributed by atoms with Gasteiger partial charge in [0.05, 0.1) is 6.26 Å². The second-order valence-electron chi connectivity index (χ2n) is 5.63. The monoisotopic (exact) mass is 278 g/mol. The summed E-state index contributed by atoms with van der Waals surface area (Å²) in [7, 11) is 0. The molecular formula is C16H26N2O2. The summed E-state index contributed by atoms with van der Waals surface area (Å²) >= 11 is 0. The van der Waals surface area contributed by atoms with Gasteiger partial charge in [-0.3, -0.25) is 0 Å². The zero-order valence-corrected chi connectivity index (χ0v) is 12.4. The van der Waals surface area contributed by atoms with Gasteiger partial charge in [-0.1, -0.05) is 19.8 Å². The van der Waals surface area contributed by atoms with E-state index in [-0.39, 0.29) is 6.03 Å². The minimum Gasteiger partial charge on any atom is -0.469 e. The van der Waals surface area contributed by atoms with Crippen LogP contribution < -0.4 is 5.32 Å². The number of carbonyl (C=O) groups is 1. The fourth-order valence-corrected chi connectivity index (χ4v) is 2.92. The summed E-state index contributed by atoms with van der Waals surface area (Å²) in [4.78, 5) is 14.1. The summed E-state index contributed by atoms with van der Waals surface area (Å²) in [6, 6.07) is 3.89. The molecule has 20 heavy (non-hydrogen) atoms. The normalized spacial score (nSPS) is 19.6. The SMILES string of the molecule is CCC[C@@H]1CCCN(C(=O)NCCc2ccco2)CC1. The quantitative estimate of drug-likeness (QED) is 0.896. The lowest BCUT2D eigenvalue weighted by Crippen LogP contribution is -2.41. The van der Waals surface area contributed by atoms with E-state index in [0.717, 1.165) is 44.0 Å². The van der Waals surface area contributed by atoms with Gasteiger partial charge in [-0.2, -0.15) is 0 Å². The number of likely N-dealkylation sites (tertiary alicyclic amines) is 1. The van der Waals surface area contributed by atoms with E-state index in [0.29, 0.717) is 6.54 Å². The summed E-state index contributed by atoms with van der Waals surface area (Å²) in [6.07, 6.45) is 8.53. The Kier molecular flexibility index (Phi) is 5.96. The molecule has 2 rings (SSSR count). The van der Waals surface area contributed by atoms with Crippen LogP contribution in [0.1, 0.15) is 44.8 Å². The van der Waals surface area contributed by atoms with Crippen LogP contribution in [0.5, 0.6) is 0 Å². The molecule has 0 bridgehead atoms. The predicted molar refractivity (Wildman–Crippen MR) is 79.6 cm³/mol. The van der Waals surface area contributed by atoms with Gasteiger partial charge in [0.25, 0.3) is 0 Å². The first-order chi connectivity index (χ1) is 9.79. The number of furan rings is 1. The third-order valence-corrected chi connectivity index (χ3v) is 4.06. The maximum absolute atomic E-state index is 12.1. The van der Waals surface area contributed by atoms with Gasteiger partial charge in [0.2, 0.25) is 0 Å². The van der Waals surface area contributed by atoms with Crippen molar-refractivity contribution in [1.29, 1.82) is 0 Å². The van der Waals surface area contributed by atoms with E-state index in [1.54, 1.807) is 6.26 Å². The van der Waals surface area contributed by atoms with Gasteiger partial charge < -0.3 is 14.6 Å². The summed E-state index contributed by atoms with van der Waals surface area (Å²) in [5.74, 6) is 1.73. The number of nitrogens with one attached hydrogen (secondary N) is 1. The Morgan fingerprint density at radius 3 is 3.10 bits per heavy atom. The minimum atomic E-state index is 0.0775. The molecule has 1 aromatic rings. The molecule has 112 valence electrons. The van der Waals surface area contributed by atoms with Crippen molar-refractivity contribution in [3.8, 4) is 0 Å². The molecule has 2 amide bonds. The van der Waals surface area contributed by atoms with Crippen molar-refractivity contribution in [2.75, 3.05) is 19.6 Å². The molecule has 2 heterocycles. The molecule has 1 aromatic heterocycles. The van der Waals surface area contributed by atoms with Crippen molar-refractivity contribution in [2.45, 2.75) is 45.4 Å². The first kappa shape index (κ1) is 14.9. The van der Waals surface area contributed by atoms with Crippen molar-refractivity contribution >= 4 is 6.03 Å². The van der Waals surface area contributed by atoms with Crippen molar-refractivity contribution in [3.63, 3.8) is 0 Å². The first-order valence-corrected chi connectivity index (χ1v) is 7.84. The zero-order valence-electron chi connectivity index (χ0n) is 12.4. The van der Waals surface area contributed by atoms with E-state index in [1.807, 2.05) is 17.0 Å². The van der Waals surface area contributed by atoms with Gasteiger partial charge in [-0.15, -0.1) is 0 Å². The van der Waals surface area contributed by atoms with Gasteiger partial charge >= 0.3 is 6.03 Å². The molecular weight excluding hydrogens is 252 g/mol. The summed E-state index contributed by atoms with van der Waals surface area (Å²) in [5, 5.41) is 2.99. The third-order valence-electron chi connectivity index (χ3n) is 4.06. The maximum atomic E-state index is 12.1. The van der Waals surface area contributed by atoms with Crippen LogP contribution in [0.15, 0.2) is 22.8 Å². The molecule has 1 aliphatic rings. The maximum Gasteiger partial charge on any atom is 0.317 e. The van der Waals surface area contributed by atoms with Crippen LogP contribution in [-0.2, 0) is 6.42 Å². The average Bonchev–Trinajstić information content (AvgIpc) is 2.84. The molecule has 4 nitrogen and oxygen atoms in total. The highest BCUT2D eigenvalue weighted by Gasteiger charge is 2.19. The number of rotatable bonds is 5. The number of amides is 2. The molecule has 4 heteroatoms. The van der Waals surface area contributed by atoms with Crippen LogP contribution >= 0.6 is 0 Å². The smallest absolute Gasteiger partial charge is 0.317 e. The van der Waals surface area contributed by atoms with Gasteiger partial charge in [0.15, 0.2) is 0 Å². The molecule has 1 N–H and O–H groups in total. The van der Waals surface area contributed by atoms with E-state index in [4.69, 9.17) is 4.42 Å². The molecule has 0 unspecified atom stereocenters. The molecule has 1 fully saturated rings. The Morgan fingerprint density at radius 2 is 2.35 bits per heavy atom. The minimum absolute atomic E-state index is 0.0775. The van der Waals surface area contributed by atoms with Crippen molar-refractivity contribution < 1.29 is 9.21 Å². The van der Waals surface area contributed by atoms with E-state index >= 15 is 0 Å². The van der Waals surface area contributed by atoms with Gasteiger partial charge in [-0.05, 0) is 37.3 Å². The van der Waals surface area contributed by atoms with Crippen molar-refractivity contribution in [3.05, 3.63) is 24.2 Å². The number of urea groups is 1. The molecule has 1 atom stereocenters. The van der Waals surface area contributed by atoms with Crippen molar-refractivity contribution in [2.24, 2.45) is 5.92 Å². The summed E-state index contributed by atoms with van der Waals surface area (Å²) in [6.45, 7) is 4.68. The number of hydrogen-bond acceptors (Lipinski definition) is 2. The van der Waals surface area contributed by atoms with E-state index in [9.17, 15) is 4.79 Å². The lowest BCUT2D eigenvalue weighted by atomic mass is 9.96. The van der Waals surface area contributed by atoms with Gasteiger partial charge in [0.1, 0.15) is 5.76 Å². The van der Waals surface area contributed by atoms with Crippen LogP contribution in [0.4, 0.5) is 4.79 Å². The van der Waals surface area contributed by atoms with E-state index in [1.165, 1.54) is 19.3 Å². The van der Waals surface area contributed by atoms with Crippen LogP contribution in [-0.4, -0.2) is 30.6 Å². The number of hydrogen-bond donors (Lipinski definition) is 1. The van der Waals surface area contributed by atoms with E-state index in [2.05, 4.69) is 12.2 Å². The Labute approximate surface area is 121 Å². The molecule has 0 saturated carbocycles. The number of nitrogens with zero attached hydrogens (tertiary/aromatic N) is 1. The second kappa shape index (κ2) is 7.98. The highest BCUT2D eigenvalue weighted by molar-refractivity contribution is 5.74. The Morgan fingerprint density at radius 1 is 1.45 bits per heavy atom. The topological polar surface area (TPSA) is 45.5 Å². The summed E-state index contributed by atoms with van der Waals surface area (Å²) in [5.41, 5.74) is 0. The Bertz CT molecular complexity index is 389. The van der Waals surface area contributed by atoms with Gasteiger partial charge in [-0.25, -0.2) is 4.79 Å². The first-order valence-electron chi connectivity index (χ1n) is 7.84. The highest BCUT2D eigenvalue weighted by atomic mass is 16.3. The lowest BCUT2D eigenvalue weighted by Gasteiger charge is -2.21. The third kappa shape index (κ3) is 4.58. The van der Waals surface area contributed by atoms with Crippen molar-refractivity contribution in [1.82, 2.24) is 10.2 Å². The second-order valence-corrected chi connectivity index (χ2v) is 5.63. The largest absolute Gasteiger partial charge is 0.469 e. The average molecular weight is 278 g/mol. The zero-order chi connectivity index (χ0) is 14.2. The summed E-state index contributed by atoms with van der Waals surface area (Å²) < 4.78 is 5.26. The Hall–Kier alpha value is -1.45. The van der Waals surface area contributed by atoms with Crippen LogP contribution in [0.25, 0.3) is 0 Å². The molecule has 1 saturated heterocycles. The molecule has 1 aliphatic heterocycles. The van der Waals surface area contributed by atoms with E-state index < -0.39 is 0 Å². The fraction of sp³-hybridized carbons (Fsp3) is 0.688. The highest BCUT2D eigenvalue weighted by Crippen LogP contribution is 2.21. The molecule has 0 aliphatic carbocycles. The molecule has 0 radical (unpaired) electrons. The van der Waals surface area contributed by atoms with Crippen LogP contribution in [0.3, 0.4) is 0 Å². The van der Waals surface area contributed by atoms with Gasteiger partial charge in [0, 0.05) is 26.1 Å². The Balaban J connectivity index is 1.69. The molecule has 0 aromatic carbocycles. The number of carbonyl (C=O) groups excluding carboxylic acids is 1. The lowest BCUT2D eigenvalue weighted by molar-refractivity contribution is 0.199. The fourth-order valence-electron chi connectivity index (χ4n) is 2.92.